The quantitative estimate of drug-likeness (QED) is 0.878. The second-order valence-electron chi connectivity index (χ2n) is 4.36. The number of thioether (sulfide) groups is 1. The van der Waals surface area contributed by atoms with Crippen molar-refractivity contribution in [2.45, 2.75) is 18.3 Å². The standard InChI is InChI=1S/C13H15NO5S/c1-7(15)14-9(13(17)18)6-20-12(14)8-4-3-5-10(19-2)11(8)16/h3-5,9,12,16H,6H2,1-2H3,(H,17,18). The molecule has 1 aromatic rings. The van der Waals surface area contributed by atoms with E-state index in [9.17, 15) is 19.8 Å². The highest BCUT2D eigenvalue weighted by Crippen LogP contribution is 2.46. The maximum atomic E-state index is 11.7. The van der Waals surface area contributed by atoms with Crippen LogP contribution in [0.15, 0.2) is 18.2 Å². The Morgan fingerprint density at radius 2 is 2.15 bits per heavy atom. The molecular formula is C13H15NO5S. The van der Waals surface area contributed by atoms with Crippen molar-refractivity contribution in [2.75, 3.05) is 12.9 Å². The number of benzene rings is 1. The van der Waals surface area contributed by atoms with Gasteiger partial charge in [0.25, 0.3) is 0 Å². The van der Waals surface area contributed by atoms with Crippen molar-refractivity contribution in [3.63, 3.8) is 0 Å². The number of aromatic hydroxyl groups is 1. The van der Waals surface area contributed by atoms with Crippen molar-refractivity contribution in [1.82, 2.24) is 4.90 Å². The summed E-state index contributed by atoms with van der Waals surface area (Å²) in [6.45, 7) is 1.33. The zero-order chi connectivity index (χ0) is 14.9. The Bertz CT molecular complexity index is 548. The van der Waals surface area contributed by atoms with Gasteiger partial charge in [0, 0.05) is 18.2 Å². The van der Waals surface area contributed by atoms with Crippen LogP contribution in [-0.2, 0) is 9.59 Å². The highest BCUT2D eigenvalue weighted by Gasteiger charge is 2.42. The summed E-state index contributed by atoms with van der Waals surface area (Å²) in [6.07, 6.45) is 0. The lowest BCUT2D eigenvalue weighted by atomic mass is 10.1. The molecule has 2 unspecified atom stereocenters. The lowest BCUT2D eigenvalue weighted by Gasteiger charge is -2.27. The first-order chi connectivity index (χ1) is 9.47. The highest BCUT2D eigenvalue weighted by atomic mass is 32.2. The van der Waals surface area contributed by atoms with Crippen LogP contribution in [0.4, 0.5) is 0 Å². The van der Waals surface area contributed by atoms with E-state index in [1.807, 2.05) is 0 Å². The average molecular weight is 297 g/mol. The first kappa shape index (κ1) is 14.5. The van der Waals surface area contributed by atoms with E-state index in [0.717, 1.165) is 0 Å². The summed E-state index contributed by atoms with van der Waals surface area (Å²) in [6, 6.07) is 4.08. The Morgan fingerprint density at radius 1 is 1.45 bits per heavy atom. The normalized spacial score (nSPS) is 21.8. The van der Waals surface area contributed by atoms with Gasteiger partial charge in [0.2, 0.25) is 5.91 Å². The minimum atomic E-state index is -1.04. The number of phenols is 1. The molecule has 20 heavy (non-hydrogen) atoms. The number of phenolic OH excluding ortho intramolecular Hbond substituents is 1. The molecule has 2 N–H and O–H groups in total. The molecule has 1 aliphatic heterocycles. The van der Waals surface area contributed by atoms with Crippen molar-refractivity contribution in [1.29, 1.82) is 0 Å². The molecule has 1 amide bonds. The third kappa shape index (κ3) is 2.40. The molecule has 7 heteroatoms. The van der Waals surface area contributed by atoms with Crippen LogP contribution in [-0.4, -0.2) is 45.9 Å². The molecule has 108 valence electrons. The Labute approximate surface area is 120 Å². The van der Waals surface area contributed by atoms with Crippen LogP contribution in [0.5, 0.6) is 11.5 Å². The molecule has 0 aromatic heterocycles. The number of hydrogen-bond donors (Lipinski definition) is 2. The minimum Gasteiger partial charge on any atom is -0.504 e. The van der Waals surface area contributed by atoms with E-state index < -0.39 is 17.4 Å². The maximum absolute atomic E-state index is 11.7. The molecule has 1 heterocycles. The Morgan fingerprint density at radius 3 is 2.70 bits per heavy atom. The number of carbonyl (C=O) groups is 2. The van der Waals surface area contributed by atoms with Gasteiger partial charge in [0.05, 0.1) is 7.11 Å². The average Bonchev–Trinajstić information content (AvgIpc) is 2.83. The van der Waals surface area contributed by atoms with E-state index in [4.69, 9.17) is 4.74 Å². The van der Waals surface area contributed by atoms with Crippen LogP contribution in [0.3, 0.4) is 0 Å². The molecule has 1 aliphatic rings. The number of rotatable bonds is 3. The first-order valence-electron chi connectivity index (χ1n) is 5.96. The number of amides is 1. The van der Waals surface area contributed by atoms with E-state index >= 15 is 0 Å². The predicted molar refractivity (Wildman–Crippen MR) is 73.8 cm³/mol. The fourth-order valence-electron chi connectivity index (χ4n) is 2.22. The Hall–Kier alpha value is -1.89. The molecule has 6 nitrogen and oxygen atoms in total. The number of para-hydroxylation sites is 1. The van der Waals surface area contributed by atoms with Gasteiger partial charge in [-0.15, -0.1) is 11.8 Å². The molecule has 0 aliphatic carbocycles. The van der Waals surface area contributed by atoms with Gasteiger partial charge in [-0.1, -0.05) is 12.1 Å². The summed E-state index contributed by atoms with van der Waals surface area (Å²) >= 11 is 1.31. The van der Waals surface area contributed by atoms with Crippen molar-refractivity contribution in [3.8, 4) is 11.5 Å². The van der Waals surface area contributed by atoms with Gasteiger partial charge in [0.1, 0.15) is 11.4 Å². The SMILES string of the molecule is COc1cccc(C2SCC(C(=O)O)N2C(C)=O)c1O. The summed E-state index contributed by atoms with van der Waals surface area (Å²) in [5.74, 6) is -0.863. The molecule has 0 bridgehead atoms. The zero-order valence-electron chi connectivity index (χ0n) is 11.1. The fraction of sp³-hybridized carbons (Fsp3) is 0.385. The molecule has 0 spiro atoms. The molecule has 1 aromatic carbocycles. The van der Waals surface area contributed by atoms with Gasteiger partial charge < -0.3 is 19.8 Å². The number of aliphatic carboxylic acids is 1. The van der Waals surface area contributed by atoms with E-state index in [2.05, 4.69) is 0 Å². The number of carboxylic acids is 1. The van der Waals surface area contributed by atoms with E-state index in [0.29, 0.717) is 11.3 Å². The van der Waals surface area contributed by atoms with Gasteiger partial charge in [-0.25, -0.2) is 4.79 Å². The number of carbonyl (C=O) groups excluding carboxylic acids is 1. The predicted octanol–water partition coefficient (Wildman–Crippen LogP) is 1.45. The van der Waals surface area contributed by atoms with Crippen LogP contribution < -0.4 is 4.74 Å². The number of nitrogens with zero attached hydrogens (tertiary/aromatic N) is 1. The number of carboxylic acid groups (broad SMARTS) is 1. The molecular weight excluding hydrogens is 282 g/mol. The summed E-state index contributed by atoms with van der Waals surface area (Å²) in [5.41, 5.74) is 0.480. The van der Waals surface area contributed by atoms with Crippen LogP contribution in [0, 0.1) is 0 Å². The second-order valence-corrected chi connectivity index (χ2v) is 5.48. The molecule has 1 fully saturated rings. The third-order valence-electron chi connectivity index (χ3n) is 3.17. The van der Waals surface area contributed by atoms with Crippen molar-refractivity contribution in [3.05, 3.63) is 23.8 Å². The van der Waals surface area contributed by atoms with Gasteiger partial charge in [-0.2, -0.15) is 0 Å². The number of hydrogen-bond acceptors (Lipinski definition) is 5. The monoisotopic (exact) mass is 297 g/mol. The number of methoxy groups -OCH3 is 1. The van der Waals surface area contributed by atoms with Gasteiger partial charge in [-0.05, 0) is 6.07 Å². The molecule has 2 atom stereocenters. The van der Waals surface area contributed by atoms with Crippen molar-refractivity contribution in [2.24, 2.45) is 0 Å². The van der Waals surface area contributed by atoms with Gasteiger partial charge in [0.15, 0.2) is 11.5 Å². The van der Waals surface area contributed by atoms with Crippen molar-refractivity contribution >= 4 is 23.6 Å². The lowest BCUT2D eigenvalue weighted by Crippen LogP contribution is -2.41. The summed E-state index contributed by atoms with van der Waals surface area (Å²) in [7, 11) is 1.43. The van der Waals surface area contributed by atoms with Gasteiger partial charge >= 0.3 is 5.97 Å². The van der Waals surface area contributed by atoms with E-state index in [-0.39, 0.29) is 17.4 Å². The first-order valence-corrected chi connectivity index (χ1v) is 7.01. The smallest absolute Gasteiger partial charge is 0.327 e. The topological polar surface area (TPSA) is 87.1 Å². The van der Waals surface area contributed by atoms with Crippen LogP contribution in [0.2, 0.25) is 0 Å². The van der Waals surface area contributed by atoms with Gasteiger partial charge in [-0.3, -0.25) is 4.79 Å². The molecule has 1 saturated heterocycles. The second kappa shape index (κ2) is 5.62. The Balaban J connectivity index is 2.42. The molecule has 2 rings (SSSR count). The fourth-order valence-corrected chi connectivity index (χ4v) is 3.72. The van der Waals surface area contributed by atoms with E-state index in [1.54, 1.807) is 18.2 Å². The summed E-state index contributed by atoms with van der Waals surface area (Å²) in [5, 5.41) is 18.8. The summed E-state index contributed by atoms with van der Waals surface area (Å²) in [4.78, 5) is 24.2. The van der Waals surface area contributed by atoms with Crippen LogP contribution >= 0.6 is 11.8 Å². The lowest BCUT2D eigenvalue weighted by molar-refractivity contribution is -0.148. The van der Waals surface area contributed by atoms with Crippen molar-refractivity contribution < 1.29 is 24.5 Å². The third-order valence-corrected chi connectivity index (χ3v) is 4.47. The zero-order valence-corrected chi connectivity index (χ0v) is 11.9. The minimum absolute atomic E-state index is 0.0650. The summed E-state index contributed by atoms with van der Waals surface area (Å²) < 4.78 is 5.04. The molecule has 0 saturated carbocycles. The Kier molecular flexibility index (Phi) is 4.08. The van der Waals surface area contributed by atoms with Crippen LogP contribution in [0.1, 0.15) is 17.9 Å². The van der Waals surface area contributed by atoms with E-state index in [1.165, 1.54) is 30.7 Å². The number of ether oxygens (including phenoxy) is 1. The molecule has 0 radical (unpaired) electrons. The largest absolute Gasteiger partial charge is 0.504 e. The maximum Gasteiger partial charge on any atom is 0.327 e. The highest BCUT2D eigenvalue weighted by molar-refractivity contribution is 7.99. The van der Waals surface area contributed by atoms with Crippen LogP contribution in [0.25, 0.3) is 0 Å².